The molecule has 0 bridgehead atoms. The van der Waals surface area contributed by atoms with E-state index in [0.717, 1.165) is 0 Å². The van der Waals surface area contributed by atoms with Crippen molar-refractivity contribution in [2.24, 2.45) is 22.2 Å². The summed E-state index contributed by atoms with van der Waals surface area (Å²) in [5.74, 6) is -1.01. The molecule has 0 amide bonds. The van der Waals surface area contributed by atoms with E-state index >= 15 is 0 Å². The largest absolute Gasteiger partial charge is 0.480 e. The summed E-state index contributed by atoms with van der Waals surface area (Å²) in [5, 5.41) is 8.64. The summed E-state index contributed by atoms with van der Waals surface area (Å²) < 4.78 is 0. The maximum atomic E-state index is 10.5. The molecule has 0 aromatic rings. The van der Waals surface area contributed by atoms with Gasteiger partial charge in [0, 0.05) is 6.54 Å². The summed E-state index contributed by atoms with van der Waals surface area (Å²) in [6.45, 7) is 1.87. The smallest absolute Gasteiger partial charge is 0.323 e. The molecule has 6 nitrogen and oxygen atoms in total. The fourth-order valence-electron chi connectivity index (χ4n) is 0.761. The fraction of sp³-hybridized carbons (Fsp3) is 0.714. The van der Waals surface area contributed by atoms with E-state index in [0.29, 0.717) is 19.4 Å². The SMILES string of the molecule is C[C@@](N)(CCCN=C(N)N)C(=O)O. The molecule has 0 aliphatic carbocycles. The van der Waals surface area contributed by atoms with E-state index in [1.165, 1.54) is 6.92 Å². The second-order valence-corrected chi connectivity index (χ2v) is 3.13. The minimum atomic E-state index is -1.20. The number of nitrogens with two attached hydrogens (primary N) is 3. The molecular formula is C7H16N4O2. The van der Waals surface area contributed by atoms with E-state index in [2.05, 4.69) is 4.99 Å². The summed E-state index contributed by atoms with van der Waals surface area (Å²) in [7, 11) is 0. The number of aliphatic imine (C=N–C) groups is 1. The number of carbonyl (C=O) groups is 1. The molecule has 0 rings (SSSR count). The van der Waals surface area contributed by atoms with E-state index in [4.69, 9.17) is 22.3 Å². The fourth-order valence-corrected chi connectivity index (χ4v) is 0.761. The van der Waals surface area contributed by atoms with E-state index in [1.54, 1.807) is 0 Å². The molecule has 0 unspecified atom stereocenters. The van der Waals surface area contributed by atoms with Gasteiger partial charge < -0.3 is 22.3 Å². The van der Waals surface area contributed by atoms with Gasteiger partial charge in [-0.1, -0.05) is 0 Å². The van der Waals surface area contributed by atoms with E-state index < -0.39 is 11.5 Å². The van der Waals surface area contributed by atoms with Crippen LogP contribution in [0.3, 0.4) is 0 Å². The van der Waals surface area contributed by atoms with Gasteiger partial charge in [-0.25, -0.2) is 0 Å². The third-order valence-corrected chi connectivity index (χ3v) is 1.64. The number of hydrogen-bond donors (Lipinski definition) is 4. The van der Waals surface area contributed by atoms with Crippen LogP contribution in [0.5, 0.6) is 0 Å². The quantitative estimate of drug-likeness (QED) is 0.246. The molecule has 0 aliphatic heterocycles. The van der Waals surface area contributed by atoms with Gasteiger partial charge in [0.25, 0.3) is 0 Å². The van der Waals surface area contributed by atoms with Crippen LogP contribution in [0.1, 0.15) is 19.8 Å². The van der Waals surface area contributed by atoms with Gasteiger partial charge in [-0.3, -0.25) is 9.79 Å². The first kappa shape index (κ1) is 11.7. The van der Waals surface area contributed by atoms with E-state index in [-0.39, 0.29) is 5.96 Å². The summed E-state index contributed by atoms with van der Waals surface area (Å²) in [4.78, 5) is 14.2. The number of nitrogens with zero attached hydrogens (tertiary/aromatic N) is 1. The third-order valence-electron chi connectivity index (χ3n) is 1.64. The van der Waals surface area contributed by atoms with Crippen LogP contribution in [0.15, 0.2) is 4.99 Å². The molecule has 0 spiro atoms. The maximum absolute atomic E-state index is 10.5. The minimum Gasteiger partial charge on any atom is -0.480 e. The number of hydrogen-bond acceptors (Lipinski definition) is 3. The summed E-state index contributed by atoms with van der Waals surface area (Å²) in [5.41, 5.74) is 14.4. The zero-order chi connectivity index (χ0) is 10.5. The van der Waals surface area contributed by atoms with Crippen molar-refractivity contribution in [2.45, 2.75) is 25.3 Å². The lowest BCUT2D eigenvalue weighted by atomic mass is 9.98. The van der Waals surface area contributed by atoms with Crippen LogP contribution >= 0.6 is 0 Å². The van der Waals surface area contributed by atoms with Crippen LogP contribution in [0.4, 0.5) is 0 Å². The van der Waals surface area contributed by atoms with Crippen LogP contribution in [-0.2, 0) is 4.79 Å². The Balaban J connectivity index is 3.77. The predicted octanol–water partition coefficient (Wildman–Crippen LogP) is -1.16. The molecular weight excluding hydrogens is 172 g/mol. The molecule has 0 aromatic carbocycles. The molecule has 0 heterocycles. The number of rotatable bonds is 5. The Labute approximate surface area is 76.8 Å². The molecule has 1 atom stereocenters. The highest BCUT2D eigenvalue weighted by Crippen LogP contribution is 2.08. The molecule has 13 heavy (non-hydrogen) atoms. The first-order chi connectivity index (χ1) is 5.86. The zero-order valence-electron chi connectivity index (χ0n) is 7.66. The van der Waals surface area contributed by atoms with Crippen molar-refractivity contribution in [3.63, 3.8) is 0 Å². The van der Waals surface area contributed by atoms with Gasteiger partial charge in [-0.2, -0.15) is 0 Å². The van der Waals surface area contributed by atoms with Gasteiger partial charge in [0.15, 0.2) is 5.96 Å². The first-order valence-corrected chi connectivity index (χ1v) is 3.94. The second kappa shape index (κ2) is 4.66. The lowest BCUT2D eigenvalue weighted by Gasteiger charge is -2.17. The molecule has 0 aromatic heterocycles. The highest BCUT2D eigenvalue weighted by Gasteiger charge is 2.26. The standard InChI is InChI=1S/C7H16N4O2/c1-7(10,5(12)13)3-2-4-11-6(8)9/h2-4,10H2,1H3,(H,12,13)(H4,8,9,11)/t7-/m1/s1. The highest BCUT2D eigenvalue weighted by molar-refractivity contribution is 5.77. The van der Waals surface area contributed by atoms with Crippen LogP contribution in [0.2, 0.25) is 0 Å². The Morgan fingerprint density at radius 3 is 2.46 bits per heavy atom. The number of guanidine groups is 1. The van der Waals surface area contributed by atoms with Crippen molar-refractivity contribution in [3.8, 4) is 0 Å². The van der Waals surface area contributed by atoms with Crippen molar-refractivity contribution in [2.75, 3.05) is 6.54 Å². The van der Waals surface area contributed by atoms with Gasteiger partial charge in [0.1, 0.15) is 5.54 Å². The molecule has 0 aliphatic rings. The Bertz CT molecular complexity index is 209. The molecule has 0 fully saturated rings. The number of carboxylic acids is 1. The molecule has 0 radical (unpaired) electrons. The normalized spacial score (nSPS) is 14.6. The Hall–Kier alpha value is -1.30. The van der Waals surface area contributed by atoms with Crippen molar-refractivity contribution >= 4 is 11.9 Å². The maximum Gasteiger partial charge on any atom is 0.323 e. The highest BCUT2D eigenvalue weighted by atomic mass is 16.4. The zero-order valence-corrected chi connectivity index (χ0v) is 7.66. The summed E-state index contributed by atoms with van der Waals surface area (Å²) >= 11 is 0. The molecule has 7 N–H and O–H groups in total. The topological polar surface area (TPSA) is 128 Å². The van der Waals surface area contributed by atoms with Gasteiger partial charge in [0.05, 0.1) is 0 Å². The van der Waals surface area contributed by atoms with Crippen molar-refractivity contribution in [1.29, 1.82) is 0 Å². The molecule has 0 saturated carbocycles. The summed E-state index contributed by atoms with van der Waals surface area (Å²) in [6, 6.07) is 0. The second-order valence-electron chi connectivity index (χ2n) is 3.13. The number of aliphatic carboxylic acids is 1. The van der Waals surface area contributed by atoms with Gasteiger partial charge in [-0.05, 0) is 19.8 Å². The Morgan fingerprint density at radius 1 is 1.54 bits per heavy atom. The lowest BCUT2D eigenvalue weighted by Crippen LogP contribution is -2.44. The lowest BCUT2D eigenvalue weighted by molar-refractivity contribution is -0.142. The third kappa shape index (κ3) is 5.02. The summed E-state index contributed by atoms with van der Waals surface area (Å²) in [6.07, 6.45) is 0.899. The van der Waals surface area contributed by atoms with Gasteiger partial charge in [-0.15, -0.1) is 0 Å². The monoisotopic (exact) mass is 188 g/mol. The van der Waals surface area contributed by atoms with Gasteiger partial charge >= 0.3 is 5.97 Å². The van der Waals surface area contributed by atoms with Crippen molar-refractivity contribution in [1.82, 2.24) is 0 Å². The van der Waals surface area contributed by atoms with Crippen molar-refractivity contribution in [3.05, 3.63) is 0 Å². The average molecular weight is 188 g/mol. The van der Waals surface area contributed by atoms with Crippen LogP contribution in [-0.4, -0.2) is 29.1 Å². The van der Waals surface area contributed by atoms with Crippen molar-refractivity contribution < 1.29 is 9.90 Å². The van der Waals surface area contributed by atoms with Crippen LogP contribution < -0.4 is 17.2 Å². The van der Waals surface area contributed by atoms with Crippen LogP contribution in [0, 0.1) is 0 Å². The average Bonchev–Trinajstić information content (AvgIpc) is 1.97. The molecule has 76 valence electrons. The Morgan fingerprint density at radius 2 is 2.08 bits per heavy atom. The van der Waals surface area contributed by atoms with E-state index in [9.17, 15) is 4.79 Å². The Kier molecular flexibility index (Phi) is 4.19. The first-order valence-electron chi connectivity index (χ1n) is 3.94. The number of carboxylic acid groups (broad SMARTS) is 1. The van der Waals surface area contributed by atoms with Gasteiger partial charge in [0.2, 0.25) is 0 Å². The molecule has 6 heteroatoms. The van der Waals surface area contributed by atoms with E-state index in [1.807, 2.05) is 0 Å². The minimum absolute atomic E-state index is 0.00838. The predicted molar refractivity (Wildman–Crippen MR) is 50.1 cm³/mol. The van der Waals surface area contributed by atoms with Crippen LogP contribution in [0.25, 0.3) is 0 Å². The molecule has 0 saturated heterocycles.